The van der Waals surface area contributed by atoms with Gasteiger partial charge in [-0.3, -0.25) is 9.88 Å². The van der Waals surface area contributed by atoms with Crippen LogP contribution in [0.2, 0.25) is 0 Å². The van der Waals surface area contributed by atoms with Crippen molar-refractivity contribution in [3.8, 4) is 0 Å². The molecule has 2 rings (SSSR count). The van der Waals surface area contributed by atoms with Gasteiger partial charge in [0.05, 0.1) is 5.69 Å². The Kier molecular flexibility index (Phi) is 3.72. The van der Waals surface area contributed by atoms with Crippen LogP contribution in [-0.2, 0) is 6.54 Å². The van der Waals surface area contributed by atoms with E-state index in [0.717, 1.165) is 29.8 Å². The summed E-state index contributed by atoms with van der Waals surface area (Å²) in [4.78, 5) is 6.75. The summed E-state index contributed by atoms with van der Waals surface area (Å²) in [6.45, 7) is 3.18. The van der Waals surface area contributed by atoms with E-state index in [0.29, 0.717) is 6.04 Å². The molecule has 1 aliphatic heterocycles. The topological polar surface area (TPSA) is 28.2 Å². The lowest BCUT2D eigenvalue weighted by Crippen LogP contribution is -2.33. The maximum absolute atomic E-state index is 4.38. The second-order valence-corrected chi connectivity index (χ2v) is 4.95. The molecule has 1 N–H and O–H groups in total. The average Bonchev–Trinajstić information content (AvgIpc) is 2.74. The first-order chi connectivity index (χ1) is 7.25. The van der Waals surface area contributed by atoms with E-state index < -0.39 is 0 Å². The summed E-state index contributed by atoms with van der Waals surface area (Å²) in [5, 5.41) is 3.38. The lowest BCUT2D eigenvalue weighted by Gasteiger charge is -2.22. The van der Waals surface area contributed by atoms with Crippen molar-refractivity contribution in [1.82, 2.24) is 15.2 Å². The number of nitrogens with one attached hydrogen (secondary N) is 1. The summed E-state index contributed by atoms with van der Waals surface area (Å²) in [6.07, 6.45) is 3.10. The third-order valence-corrected chi connectivity index (χ3v) is 3.33. The summed E-state index contributed by atoms with van der Waals surface area (Å²) in [5.41, 5.74) is 1.13. The molecule has 2 heterocycles. The normalized spacial score (nSPS) is 21.1. The molecule has 0 radical (unpaired) electrons. The SMILES string of the molecule is CN(Cc1ccc(Br)cn1)C1CCNC1. The second-order valence-electron chi connectivity index (χ2n) is 4.03. The molecular formula is C11H16BrN3. The van der Waals surface area contributed by atoms with Gasteiger partial charge in [0.25, 0.3) is 0 Å². The highest BCUT2D eigenvalue weighted by molar-refractivity contribution is 9.10. The van der Waals surface area contributed by atoms with Crippen LogP contribution in [0.3, 0.4) is 0 Å². The third-order valence-electron chi connectivity index (χ3n) is 2.86. The summed E-state index contributed by atoms with van der Waals surface area (Å²) >= 11 is 3.39. The summed E-state index contributed by atoms with van der Waals surface area (Å²) in [5.74, 6) is 0. The van der Waals surface area contributed by atoms with Gasteiger partial charge in [-0.2, -0.15) is 0 Å². The Labute approximate surface area is 99.0 Å². The Hall–Kier alpha value is -0.450. The van der Waals surface area contributed by atoms with Gasteiger partial charge in [-0.1, -0.05) is 0 Å². The van der Waals surface area contributed by atoms with Crippen LogP contribution in [0.25, 0.3) is 0 Å². The Morgan fingerprint density at radius 2 is 2.47 bits per heavy atom. The fourth-order valence-corrected chi connectivity index (χ4v) is 2.13. The van der Waals surface area contributed by atoms with Crippen molar-refractivity contribution in [3.05, 3.63) is 28.5 Å². The molecule has 0 aliphatic carbocycles. The quantitative estimate of drug-likeness (QED) is 0.905. The molecule has 1 aliphatic rings. The maximum Gasteiger partial charge on any atom is 0.0544 e. The molecule has 1 saturated heterocycles. The van der Waals surface area contributed by atoms with Gasteiger partial charge >= 0.3 is 0 Å². The molecule has 4 heteroatoms. The number of halogens is 1. The zero-order chi connectivity index (χ0) is 10.7. The van der Waals surface area contributed by atoms with Crippen molar-refractivity contribution >= 4 is 15.9 Å². The van der Waals surface area contributed by atoms with Crippen molar-refractivity contribution in [2.75, 3.05) is 20.1 Å². The molecule has 0 spiro atoms. The number of pyridine rings is 1. The minimum atomic E-state index is 0.662. The molecule has 0 aromatic carbocycles. The minimum Gasteiger partial charge on any atom is -0.315 e. The molecule has 1 aromatic rings. The number of aromatic nitrogens is 1. The largest absolute Gasteiger partial charge is 0.315 e. The van der Waals surface area contributed by atoms with Gasteiger partial charge in [0, 0.05) is 29.8 Å². The van der Waals surface area contributed by atoms with E-state index >= 15 is 0 Å². The zero-order valence-corrected chi connectivity index (χ0v) is 10.5. The lowest BCUT2D eigenvalue weighted by atomic mass is 10.2. The van der Waals surface area contributed by atoms with Gasteiger partial charge < -0.3 is 5.32 Å². The molecular weight excluding hydrogens is 254 g/mol. The molecule has 1 atom stereocenters. The van der Waals surface area contributed by atoms with Crippen LogP contribution < -0.4 is 5.32 Å². The van der Waals surface area contributed by atoms with E-state index in [2.05, 4.69) is 44.2 Å². The molecule has 1 fully saturated rings. The highest BCUT2D eigenvalue weighted by Crippen LogP contribution is 2.12. The number of rotatable bonds is 3. The Morgan fingerprint density at radius 3 is 3.07 bits per heavy atom. The number of hydrogen-bond acceptors (Lipinski definition) is 3. The standard InChI is InChI=1S/C11H16BrN3/c1-15(11-4-5-13-7-11)8-10-3-2-9(12)6-14-10/h2-3,6,11,13H,4-5,7-8H2,1H3. The van der Waals surface area contributed by atoms with E-state index in [1.54, 1.807) is 0 Å². The molecule has 0 amide bonds. The third kappa shape index (κ3) is 3.00. The van der Waals surface area contributed by atoms with Crippen molar-refractivity contribution < 1.29 is 0 Å². The number of hydrogen-bond donors (Lipinski definition) is 1. The fraction of sp³-hybridized carbons (Fsp3) is 0.545. The smallest absolute Gasteiger partial charge is 0.0544 e. The van der Waals surface area contributed by atoms with Crippen LogP contribution in [0.4, 0.5) is 0 Å². The van der Waals surface area contributed by atoms with E-state index in [4.69, 9.17) is 0 Å². The number of nitrogens with zero attached hydrogens (tertiary/aromatic N) is 2. The molecule has 3 nitrogen and oxygen atoms in total. The van der Waals surface area contributed by atoms with Crippen molar-refractivity contribution in [3.63, 3.8) is 0 Å². The van der Waals surface area contributed by atoms with Crippen LogP contribution >= 0.6 is 15.9 Å². The first-order valence-corrected chi connectivity index (χ1v) is 6.06. The van der Waals surface area contributed by atoms with Crippen LogP contribution in [-0.4, -0.2) is 36.1 Å². The molecule has 1 unspecified atom stereocenters. The highest BCUT2D eigenvalue weighted by Gasteiger charge is 2.19. The monoisotopic (exact) mass is 269 g/mol. The van der Waals surface area contributed by atoms with Crippen molar-refractivity contribution in [1.29, 1.82) is 0 Å². The van der Waals surface area contributed by atoms with Gasteiger partial charge in [-0.15, -0.1) is 0 Å². The van der Waals surface area contributed by atoms with Crippen LogP contribution in [0, 0.1) is 0 Å². The van der Waals surface area contributed by atoms with E-state index in [9.17, 15) is 0 Å². The van der Waals surface area contributed by atoms with Gasteiger partial charge in [0.15, 0.2) is 0 Å². The molecule has 0 bridgehead atoms. The van der Waals surface area contributed by atoms with Crippen molar-refractivity contribution in [2.24, 2.45) is 0 Å². The van der Waals surface area contributed by atoms with Crippen LogP contribution in [0.1, 0.15) is 12.1 Å². The average molecular weight is 270 g/mol. The Balaban J connectivity index is 1.92. The number of likely N-dealkylation sites (N-methyl/N-ethyl adjacent to an activating group) is 1. The van der Waals surface area contributed by atoms with Crippen molar-refractivity contribution in [2.45, 2.75) is 19.0 Å². The second kappa shape index (κ2) is 5.05. The summed E-state index contributed by atoms with van der Waals surface area (Å²) in [6, 6.07) is 4.78. The van der Waals surface area contributed by atoms with Gasteiger partial charge in [-0.25, -0.2) is 0 Å². The summed E-state index contributed by atoms with van der Waals surface area (Å²) < 4.78 is 1.04. The van der Waals surface area contributed by atoms with E-state index in [1.165, 1.54) is 6.42 Å². The van der Waals surface area contributed by atoms with Crippen LogP contribution in [0.15, 0.2) is 22.8 Å². The molecule has 1 aromatic heterocycles. The predicted molar refractivity (Wildman–Crippen MR) is 64.7 cm³/mol. The molecule has 15 heavy (non-hydrogen) atoms. The fourth-order valence-electron chi connectivity index (χ4n) is 1.90. The first-order valence-electron chi connectivity index (χ1n) is 5.27. The maximum atomic E-state index is 4.38. The Morgan fingerprint density at radius 1 is 1.60 bits per heavy atom. The van der Waals surface area contributed by atoms with E-state index in [1.807, 2.05) is 12.3 Å². The minimum absolute atomic E-state index is 0.662. The van der Waals surface area contributed by atoms with Gasteiger partial charge in [-0.05, 0) is 48.1 Å². The lowest BCUT2D eigenvalue weighted by molar-refractivity contribution is 0.246. The van der Waals surface area contributed by atoms with E-state index in [-0.39, 0.29) is 0 Å². The van der Waals surface area contributed by atoms with Gasteiger partial charge in [0.2, 0.25) is 0 Å². The predicted octanol–water partition coefficient (Wildman–Crippen LogP) is 1.64. The summed E-state index contributed by atoms with van der Waals surface area (Å²) in [7, 11) is 2.17. The Bertz CT molecular complexity index is 306. The molecule has 0 saturated carbocycles. The highest BCUT2D eigenvalue weighted by atomic mass is 79.9. The first kappa shape index (κ1) is 11.0. The molecule has 82 valence electrons. The van der Waals surface area contributed by atoms with Crippen LogP contribution in [0.5, 0.6) is 0 Å². The van der Waals surface area contributed by atoms with Gasteiger partial charge in [0.1, 0.15) is 0 Å². The zero-order valence-electron chi connectivity index (χ0n) is 8.91.